The van der Waals surface area contributed by atoms with E-state index in [4.69, 9.17) is 0 Å². The standard InChI is InChI=1S/C15H16O/c16-15(11-13-6-7-14(15)10-13)9-8-12-4-2-1-3-5-12/h1-5,13-14,16H,6-7,10-11H2/t13-,14+,15?/m1/s1. The van der Waals surface area contributed by atoms with Gasteiger partial charge in [0, 0.05) is 5.56 Å². The summed E-state index contributed by atoms with van der Waals surface area (Å²) in [5.41, 5.74) is 0.303. The largest absolute Gasteiger partial charge is 0.377 e. The Bertz CT molecular complexity index is 439. The van der Waals surface area contributed by atoms with E-state index in [1.807, 2.05) is 30.3 Å². The number of rotatable bonds is 0. The molecule has 3 atom stereocenters. The third-order valence-electron chi connectivity index (χ3n) is 4.01. The molecule has 1 aromatic rings. The number of hydrogen-bond donors (Lipinski definition) is 1. The fourth-order valence-electron chi connectivity index (χ4n) is 3.16. The molecule has 0 spiro atoms. The van der Waals surface area contributed by atoms with Gasteiger partial charge in [0.25, 0.3) is 0 Å². The van der Waals surface area contributed by atoms with Crippen LogP contribution >= 0.6 is 0 Å². The first-order valence-corrected chi connectivity index (χ1v) is 6.07. The van der Waals surface area contributed by atoms with Crippen LogP contribution in [0.5, 0.6) is 0 Å². The van der Waals surface area contributed by atoms with Crippen LogP contribution in [0.15, 0.2) is 30.3 Å². The second kappa shape index (κ2) is 3.64. The van der Waals surface area contributed by atoms with Gasteiger partial charge in [-0.3, -0.25) is 0 Å². The summed E-state index contributed by atoms with van der Waals surface area (Å²) >= 11 is 0. The summed E-state index contributed by atoms with van der Waals surface area (Å²) in [5, 5.41) is 10.5. The Kier molecular flexibility index (Phi) is 2.26. The zero-order valence-electron chi connectivity index (χ0n) is 9.32. The van der Waals surface area contributed by atoms with Crippen LogP contribution in [0, 0.1) is 23.7 Å². The molecule has 16 heavy (non-hydrogen) atoms. The summed E-state index contributed by atoms with van der Waals surface area (Å²) in [6.07, 6.45) is 4.52. The molecule has 0 radical (unpaired) electrons. The maximum Gasteiger partial charge on any atom is 0.128 e. The minimum atomic E-state index is -0.696. The minimum absolute atomic E-state index is 0.425. The van der Waals surface area contributed by atoms with Crippen molar-refractivity contribution >= 4 is 0 Å². The van der Waals surface area contributed by atoms with Gasteiger partial charge in [-0.1, -0.05) is 30.0 Å². The second-order valence-corrected chi connectivity index (χ2v) is 5.12. The van der Waals surface area contributed by atoms with Crippen molar-refractivity contribution < 1.29 is 5.11 Å². The molecule has 1 N–H and O–H groups in total. The van der Waals surface area contributed by atoms with Crippen LogP contribution in [-0.2, 0) is 0 Å². The van der Waals surface area contributed by atoms with Gasteiger partial charge < -0.3 is 5.11 Å². The van der Waals surface area contributed by atoms with Gasteiger partial charge in [-0.2, -0.15) is 0 Å². The maximum absolute atomic E-state index is 10.5. The first-order valence-electron chi connectivity index (χ1n) is 6.07. The maximum atomic E-state index is 10.5. The van der Waals surface area contributed by atoms with Gasteiger partial charge in [-0.15, -0.1) is 0 Å². The molecule has 3 rings (SSSR count). The van der Waals surface area contributed by atoms with E-state index in [1.165, 1.54) is 12.8 Å². The topological polar surface area (TPSA) is 20.2 Å². The van der Waals surface area contributed by atoms with Crippen molar-refractivity contribution in [1.82, 2.24) is 0 Å². The summed E-state index contributed by atoms with van der Waals surface area (Å²) in [6, 6.07) is 9.92. The highest BCUT2D eigenvalue weighted by Crippen LogP contribution is 2.50. The van der Waals surface area contributed by atoms with Crippen LogP contribution in [0.4, 0.5) is 0 Å². The predicted octanol–water partition coefficient (Wildman–Crippen LogP) is 2.59. The van der Waals surface area contributed by atoms with Crippen LogP contribution in [0.1, 0.15) is 31.2 Å². The lowest BCUT2D eigenvalue weighted by Gasteiger charge is -2.26. The molecule has 1 nitrogen and oxygen atoms in total. The average molecular weight is 212 g/mol. The Labute approximate surface area is 96.5 Å². The average Bonchev–Trinajstić information content (AvgIpc) is 2.88. The van der Waals surface area contributed by atoms with E-state index < -0.39 is 5.60 Å². The lowest BCUT2D eigenvalue weighted by molar-refractivity contribution is 0.0438. The highest BCUT2D eigenvalue weighted by atomic mass is 16.3. The van der Waals surface area contributed by atoms with Crippen molar-refractivity contribution in [2.24, 2.45) is 11.8 Å². The monoisotopic (exact) mass is 212 g/mol. The van der Waals surface area contributed by atoms with Crippen LogP contribution < -0.4 is 0 Å². The summed E-state index contributed by atoms with van der Waals surface area (Å²) in [4.78, 5) is 0. The molecule has 1 aromatic carbocycles. The van der Waals surface area contributed by atoms with Crippen molar-refractivity contribution in [3.05, 3.63) is 35.9 Å². The molecule has 0 heterocycles. The predicted molar refractivity (Wildman–Crippen MR) is 63.7 cm³/mol. The van der Waals surface area contributed by atoms with E-state index in [1.54, 1.807) is 0 Å². The Morgan fingerprint density at radius 3 is 2.62 bits per heavy atom. The molecule has 1 unspecified atom stereocenters. The van der Waals surface area contributed by atoms with Gasteiger partial charge in [0.2, 0.25) is 0 Å². The molecule has 2 fully saturated rings. The third kappa shape index (κ3) is 1.64. The van der Waals surface area contributed by atoms with Crippen LogP contribution in [-0.4, -0.2) is 10.7 Å². The van der Waals surface area contributed by atoms with Crippen molar-refractivity contribution in [1.29, 1.82) is 0 Å². The van der Waals surface area contributed by atoms with E-state index in [-0.39, 0.29) is 0 Å². The summed E-state index contributed by atoms with van der Waals surface area (Å²) in [7, 11) is 0. The van der Waals surface area contributed by atoms with E-state index in [0.717, 1.165) is 24.3 Å². The lowest BCUT2D eigenvalue weighted by Crippen LogP contribution is -2.33. The highest BCUT2D eigenvalue weighted by Gasteiger charge is 2.48. The molecular weight excluding hydrogens is 196 g/mol. The third-order valence-corrected chi connectivity index (χ3v) is 4.01. The van der Waals surface area contributed by atoms with Gasteiger partial charge in [0.05, 0.1) is 0 Å². The van der Waals surface area contributed by atoms with E-state index in [9.17, 15) is 5.11 Å². The Balaban J connectivity index is 1.83. The quantitative estimate of drug-likeness (QED) is 0.655. The zero-order valence-corrected chi connectivity index (χ0v) is 9.32. The number of hydrogen-bond acceptors (Lipinski definition) is 1. The first-order chi connectivity index (χ1) is 7.76. The molecule has 1 heteroatoms. The van der Waals surface area contributed by atoms with Crippen LogP contribution in [0.2, 0.25) is 0 Å². The molecule has 0 amide bonds. The van der Waals surface area contributed by atoms with Crippen molar-refractivity contribution in [3.63, 3.8) is 0 Å². The first kappa shape index (κ1) is 9.93. The van der Waals surface area contributed by atoms with Crippen molar-refractivity contribution in [2.45, 2.75) is 31.3 Å². The van der Waals surface area contributed by atoms with E-state index >= 15 is 0 Å². The fraction of sp³-hybridized carbons (Fsp3) is 0.467. The normalized spacial score (nSPS) is 35.8. The number of aliphatic hydroxyl groups is 1. The fourth-order valence-corrected chi connectivity index (χ4v) is 3.16. The minimum Gasteiger partial charge on any atom is -0.377 e. The second-order valence-electron chi connectivity index (χ2n) is 5.12. The Morgan fingerprint density at radius 1 is 1.19 bits per heavy atom. The Hall–Kier alpha value is -1.26. The molecule has 2 bridgehead atoms. The molecular formula is C15H16O. The number of fused-ring (bicyclic) bond motifs is 2. The van der Waals surface area contributed by atoms with Gasteiger partial charge in [0.15, 0.2) is 0 Å². The number of benzene rings is 1. The van der Waals surface area contributed by atoms with Crippen LogP contribution in [0.3, 0.4) is 0 Å². The highest BCUT2D eigenvalue weighted by molar-refractivity contribution is 5.37. The van der Waals surface area contributed by atoms with Gasteiger partial charge in [0.1, 0.15) is 5.60 Å². The molecule has 0 aliphatic heterocycles. The van der Waals surface area contributed by atoms with Crippen molar-refractivity contribution in [3.8, 4) is 11.8 Å². The SMILES string of the molecule is OC1(C#Cc2ccccc2)C[C@@H]2CC[C@H]1C2. The van der Waals surface area contributed by atoms with E-state index in [2.05, 4.69) is 11.8 Å². The Morgan fingerprint density at radius 2 is 2.00 bits per heavy atom. The van der Waals surface area contributed by atoms with Gasteiger partial charge >= 0.3 is 0 Å². The van der Waals surface area contributed by atoms with Gasteiger partial charge in [-0.05, 0) is 49.7 Å². The van der Waals surface area contributed by atoms with Gasteiger partial charge in [-0.25, -0.2) is 0 Å². The molecule has 0 saturated heterocycles. The van der Waals surface area contributed by atoms with E-state index in [0.29, 0.717) is 5.92 Å². The van der Waals surface area contributed by atoms with Crippen molar-refractivity contribution in [2.75, 3.05) is 0 Å². The molecule has 82 valence electrons. The molecule has 0 aromatic heterocycles. The smallest absolute Gasteiger partial charge is 0.128 e. The zero-order chi connectivity index (χ0) is 11.0. The van der Waals surface area contributed by atoms with Crippen LogP contribution in [0.25, 0.3) is 0 Å². The molecule has 2 aliphatic rings. The summed E-state index contributed by atoms with van der Waals surface area (Å²) in [5.74, 6) is 7.37. The molecule has 2 aliphatic carbocycles. The summed E-state index contributed by atoms with van der Waals surface area (Å²) < 4.78 is 0. The molecule has 2 saturated carbocycles. The lowest BCUT2D eigenvalue weighted by atomic mass is 9.84. The summed E-state index contributed by atoms with van der Waals surface area (Å²) in [6.45, 7) is 0.